The highest BCUT2D eigenvalue weighted by molar-refractivity contribution is 7.22. The fourth-order valence-electron chi connectivity index (χ4n) is 2.91. The van der Waals surface area contributed by atoms with E-state index in [1.54, 1.807) is 11.2 Å². The Balaban J connectivity index is 1.54. The Morgan fingerprint density at radius 1 is 1.27 bits per heavy atom. The highest BCUT2D eigenvalue weighted by atomic mass is 32.1. The first kappa shape index (κ1) is 17.1. The van der Waals surface area contributed by atoms with Crippen LogP contribution in [0.1, 0.15) is 0 Å². The molecule has 3 heterocycles. The van der Waals surface area contributed by atoms with Crippen molar-refractivity contribution in [2.24, 2.45) is 0 Å². The number of amides is 1. The minimum absolute atomic E-state index is 0.0391. The fraction of sp³-hybridized carbons (Fsp3) is 0.412. The molecule has 136 valence electrons. The summed E-state index contributed by atoms with van der Waals surface area (Å²) in [4.78, 5) is 25.6. The lowest BCUT2D eigenvalue weighted by molar-refractivity contribution is -0.119. The van der Waals surface area contributed by atoms with Crippen molar-refractivity contribution in [2.75, 3.05) is 44.3 Å². The first-order valence-electron chi connectivity index (χ1n) is 8.58. The van der Waals surface area contributed by atoms with E-state index in [9.17, 15) is 4.79 Å². The molecule has 1 amide bonds. The summed E-state index contributed by atoms with van der Waals surface area (Å²) in [5.41, 5.74) is 0.914. The Hall–Kier alpha value is -2.36. The van der Waals surface area contributed by atoms with E-state index in [2.05, 4.69) is 20.0 Å². The number of morpholine rings is 1. The zero-order valence-electron chi connectivity index (χ0n) is 14.3. The Bertz CT molecular complexity index is 826. The summed E-state index contributed by atoms with van der Waals surface area (Å²) < 4.78 is 8.01. The molecule has 9 heteroatoms. The van der Waals surface area contributed by atoms with Gasteiger partial charge >= 0.3 is 0 Å². The molecular weight excluding hydrogens is 352 g/mol. The van der Waals surface area contributed by atoms with Gasteiger partial charge in [0.2, 0.25) is 0 Å². The number of hydrogen-bond donors (Lipinski definition) is 0. The second-order valence-corrected chi connectivity index (χ2v) is 7.07. The Morgan fingerprint density at radius 2 is 2.12 bits per heavy atom. The quantitative estimate of drug-likeness (QED) is 0.648. The molecule has 1 aliphatic rings. The first-order valence-corrected chi connectivity index (χ1v) is 9.40. The van der Waals surface area contributed by atoms with Gasteiger partial charge in [0.15, 0.2) is 5.13 Å². The maximum Gasteiger partial charge on any atom is 0.250 e. The molecule has 0 bridgehead atoms. The smallest absolute Gasteiger partial charge is 0.250 e. The standard InChI is InChI=1S/C17H20N6O2S/c24-16(11-22-13-18-12-19-22)23(6-5-21-7-9-25-10-8-21)17-20-14-3-1-2-4-15(14)26-17/h1-4,12-13H,5-11H2. The lowest BCUT2D eigenvalue weighted by Crippen LogP contribution is -2.44. The SMILES string of the molecule is O=C(Cn1cncn1)N(CCN1CCOCC1)c1nc2ccccc2s1. The Labute approximate surface area is 155 Å². The van der Waals surface area contributed by atoms with Gasteiger partial charge in [0.05, 0.1) is 23.4 Å². The summed E-state index contributed by atoms with van der Waals surface area (Å²) in [5.74, 6) is -0.0391. The van der Waals surface area contributed by atoms with Crippen molar-refractivity contribution < 1.29 is 9.53 Å². The van der Waals surface area contributed by atoms with E-state index in [-0.39, 0.29) is 12.5 Å². The highest BCUT2D eigenvalue weighted by Crippen LogP contribution is 2.28. The number of hydrogen-bond acceptors (Lipinski definition) is 7. The van der Waals surface area contributed by atoms with Gasteiger partial charge < -0.3 is 4.74 Å². The van der Waals surface area contributed by atoms with Crippen LogP contribution in [0.15, 0.2) is 36.9 Å². The number of carbonyl (C=O) groups excluding carboxylic acids is 1. The zero-order chi connectivity index (χ0) is 17.8. The van der Waals surface area contributed by atoms with Crippen molar-refractivity contribution in [3.63, 3.8) is 0 Å². The van der Waals surface area contributed by atoms with Gasteiger partial charge in [-0.15, -0.1) is 0 Å². The molecule has 2 aromatic heterocycles. The van der Waals surface area contributed by atoms with Crippen LogP contribution in [0.2, 0.25) is 0 Å². The van der Waals surface area contributed by atoms with E-state index in [1.165, 1.54) is 22.3 Å². The average molecular weight is 372 g/mol. The van der Waals surface area contributed by atoms with E-state index >= 15 is 0 Å². The number of rotatable bonds is 6. The lowest BCUT2D eigenvalue weighted by Gasteiger charge is -2.29. The number of aromatic nitrogens is 4. The molecule has 0 radical (unpaired) electrons. The van der Waals surface area contributed by atoms with E-state index < -0.39 is 0 Å². The summed E-state index contributed by atoms with van der Waals surface area (Å²) in [5, 5.41) is 4.77. The van der Waals surface area contributed by atoms with Crippen molar-refractivity contribution in [3.05, 3.63) is 36.9 Å². The molecule has 0 saturated carbocycles. The molecule has 26 heavy (non-hydrogen) atoms. The molecule has 1 aromatic carbocycles. The predicted molar refractivity (Wildman–Crippen MR) is 99.3 cm³/mol. The number of thiazole rings is 1. The minimum atomic E-state index is -0.0391. The molecule has 0 spiro atoms. The molecule has 0 aliphatic carbocycles. The number of anilines is 1. The van der Waals surface area contributed by atoms with Crippen molar-refractivity contribution >= 4 is 32.6 Å². The van der Waals surface area contributed by atoms with Gasteiger partial charge in [0.1, 0.15) is 19.2 Å². The number of nitrogens with zero attached hydrogens (tertiary/aromatic N) is 6. The molecule has 1 fully saturated rings. The molecule has 3 aromatic rings. The van der Waals surface area contributed by atoms with Crippen molar-refractivity contribution in [1.82, 2.24) is 24.6 Å². The van der Waals surface area contributed by atoms with Gasteiger partial charge in [-0.3, -0.25) is 14.6 Å². The van der Waals surface area contributed by atoms with Crippen LogP contribution in [0.4, 0.5) is 5.13 Å². The molecule has 0 N–H and O–H groups in total. The van der Waals surface area contributed by atoms with E-state index in [1.807, 2.05) is 24.3 Å². The number of ether oxygens (including phenoxy) is 1. The maximum atomic E-state index is 12.9. The fourth-order valence-corrected chi connectivity index (χ4v) is 3.92. The molecule has 0 atom stereocenters. The normalized spacial score (nSPS) is 15.4. The van der Waals surface area contributed by atoms with Crippen molar-refractivity contribution in [2.45, 2.75) is 6.54 Å². The topological polar surface area (TPSA) is 76.4 Å². The largest absolute Gasteiger partial charge is 0.379 e. The van der Waals surface area contributed by atoms with Crippen LogP contribution in [0.25, 0.3) is 10.2 Å². The highest BCUT2D eigenvalue weighted by Gasteiger charge is 2.22. The first-order chi connectivity index (χ1) is 12.8. The van der Waals surface area contributed by atoms with Crippen LogP contribution in [0.3, 0.4) is 0 Å². The molecule has 0 unspecified atom stereocenters. The molecular formula is C17H20N6O2S. The third-order valence-electron chi connectivity index (χ3n) is 4.32. The summed E-state index contributed by atoms with van der Waals surface area (Å²) >= 11 is 1.54. The van der Waals surface area contributed by atoms with Crippen LogP contribution >= 0.6 is 11.3 Å². The second-order valence-electron chi connectivity index (χ2n) is 6.06. The molecule has 8 nitrogen and oxygen atoms in total. The zero-order valence-corrected chi connectivity index (χ0v) is 15.1. The van der Waals surface area contributed by atoms with Crippen LogP contribution in [-0.4, -0.2) is 69.9 Å². The summed E-state index contributed by atoms with van der Waals surface area (Å²) in [7, 11) is 0. The minimum Gasteiger partial charge on any atom is -0.379 e. The molecule has 1 saturated heterocycles. The average Bonchev–Trinajstić information content (AvgIpc) is 3.32. The van der Waals surface area contributed by atoms with Crippen LogP contribution < -0.4 is 4.90 Å². The lowest BCUT2D eigenvalue weighted by atomic mass is 10.3. The van der Waals surface area contributed by atoms with Gasteiger partial charge in [0, 0.05) is 26.2 Å². The maximum absolute atomic E-state index is 12.9. The number of carbonyl (C=O) groups is 1. The van der Waals surface area contributed by atoms with Gasteiger partial charge in [-0.1, -0.05) is 23.5 Å². The van der Waals surface area contributed by atoms with E-state index in [4.69, 9.17) is 4.74 Å². The number of fused-ring (bicyclic) bond motifs is 1. The molecule has 1 aliphatic heterocycles. The summed E-state index contributed by atoms with van der Waals surface area (Å²) in [6.45, 7) is 4.81. The summed E-state index contributed by atoms with van der Waals surface area (Å²) in [6.07, 6.45) is 2.99. The Morgan fingerprint density at radius 3 is 2.88 bits per heavy atom. The van der Waals surface area contributed by atoms with Crippen molar-refractivity contribution in [1.29, 1.82) is 0 Å². The van der Waals surface area contributed by atoms with Crippen LogP contribution in [0, 0.1) is 0 Å². The third kappa shape index (κ3) is 3.90. The van der Waals surface area contributed by atoms with Gasteiger partial charge in [-0.2, -0.15) is 5.10 Å². The van der Waals surface area contributed by atoms with Crippen LogP contribution in [-0.2, 0) is 16.1 Å². The third-order valence-corrected chi connectivity index (χ3v) is 5.38. The van der Waals surface area contributed by atoms with Crippen molar-refractivity contribution in [3.8, 4) is 0 Å². The predicted octanol–water partition coefficient (Wildman–Crippen LogP) is 1.25. The summed E-state index contributed by atoms with van der Waals surface area (Å²) in [6, 6.07) is 7.94. The number of benzene rings is 1. The van der Waals surface area contributed by atoms with Crippen LogP contribution in [0.5, 0.6) is 0 Å². The van der Waals surface area contributed by atoms with Gasteiger partial charge in [-0.05, 0) is 12.1 Å². The van der Waals surface area contributed by atoms with E-state index in [0.717, 1.165) is 48.2 Å². The Kier molecular flexibility index (Phi) is 5.19. The molecule has 4 rings (SSSR count). The van der Waals surface area contributed by atoms with Gasteiger partial charge in [-0.25, -0.2) is 14.6 Å². The monoisotopic (exact) mass is 372 g/mol. The van der Waals surface area contributed by atoms with E-state index in [0.29, 0.717) is 6.54 Å². The second kappa shape index (κ2) is 7.90. The number of para-hydroxylation sites is 1. The van der Waals surface area contributed by atoms with Gasteiger partial charge in [0.25, 0.3) is 5.91 Å².